The molecular weight excluding hydrogens is 242 g/mol. The highest BCUT2D eigenvalue weighted by Crippen LogP contribution is 2.32. The Balaban J connectivity index is 2.86. The summed E-state index contributed by atoms with van der Waals surface area (Å²) in [4.78, 5) is 0. The Morgan fingerprint density at radius 3 is 2.00 bits per heavy atom. The number of rotatable bonds is 3. The van der Waals surface area contributed by atoms with E-state index >= 15 is 0 Å². The average Bonchev–Trinajstić information content (AvgIpc) is 2.01. The number of benzene rings is 1. The summed E-state index contributed by atoms with van der Waals surface area (Å²) < 4.78 is 0. The van der Waals surface area contributed by atoms with Crippen LogP contribution in [0.25, 0.3) is 0 Å². The largest absolute Gasteiger partial charge is 0.319 e. The Kier molecular flexibility index (Phi) is 4.32. The van der Waals surface area contributed by atoms with Gasteiger partial charge in [0, 0.05) is 11.1 Å². The van der Waals surface area contributed by atoms with Gasteiger partial charge in [-0.2, -0.15) is 0 Å². The molecule has 0 aliphatic heterocycles. The molecule has 0 saturated heterocycles. The summed E-state index contributed by atoms with van der Waals surface area (Å²) in [7, 11) is 0. The highest BCUT2D eigenvalue weighted by atomic mass is 35.5. The van der Waals surface area contributed by atoms with Crippen LogP contribution in [-0.4, -0.2) is 6.04 Å². The first-order chi connectivity index (χ1) is 6.50. The molecule has 14 heavy (non-hydrogen) atoms. The Hall–Kier alpha value is -0.150. The predicted molar refractivity (Wildman–Crippen MR) is 63.4 cm³/mol. The molecule has 0 saturated carbocycles. The van der Waals surface area contributed by atoms with Crippen molar-refractivity contribution in [3.8, 4) is 0 Å². The van der Waals surface area contributed by atoms with Crippen molar-refractivity contribution in [2.24, 2.45) is 0 Å². The van der Waals surface area contributed by atoms with E-state index in [0.29, 0.717) is 20.8 Å². The lowest BCUT2D eigenvalue weighted by atomic mass is 10.3. The predicted octanol–water partition coefficient (Wildman–Crippen LogP) is 3.97. The van der Waals surface area contributed by atoms with E-state index < -0.39 is 0 Å². The van der Waals surface area contributed by atoms with Crippen molar-refractivity contribution in [1.29, 1.82) is 0 Å². The topological polar surface area (TPSA) is 24.1 Å². The third-order valence-electron chi connectivity index (χ3n) is 1.49. The van der Waals surface area contributed by atoms with Crippen molar-refractivity contribution in [3.05, 3.63) is 27.2 Å². The molecule has 0 aliphatic carbocycles. The van der Waals surface area contributed by atoms with Crippen LogP contribution in [0.1, 0.15) is 13.8 Å². The third-order valence-corrected chi connectivity index (χ3v) is 2.31. The van der Waals surface area contributed by atoms with Gasteiger partial charge < -0.3 is 5.43 Å². The second-order valence-electron chi connectivity index (χ2n) is 3.17. The molecule has 1 rings (SSSR count). The molecule has 0 atom stereocenters. The molecule has 2 nitrogen and oxygen atoms in total. The summed E-state index contributed by atoms with van der Waals surface area (Å²) >= 11 is 17.7. The van der Waals surface area contributed by atoms with Crippen LogP contribution in [0, 0.1) is 0 Å². The van der Waals surface area contributed by atoms with Crippen molar-refractivity contribution in [3.63, 3.8) is 0 Å². The van der Waals surface area contributed by atoms with Gasteiger partial charge in [0.15, 0.2) is 0 Å². The zero-order valence-electron chi connectivity index (χ0n) is 7.87. The molecule has 0 bridgehead atoms. The first-order valence-electron chi connectivity index (χ1n) is 4.17. The SMILES string of the molecule is CC(C)NNc1c(Cl)cc(Cl)cc1Cl. The minimum absolute atomic E-state index is 0.290. The van der Waals surface area contributed by atoms with Crippen LogP contribution in [0.3, 0.4) is 0 Å². The second-order valence-corrected chi connectivity index (χ2v) is 4.42. The van der Waals surface area contributed by atoms with Crippen molar-refractivity contribution in [2.45, 2.75) is 19.9 Å². The molecule has 0 unspecified atom stereocenters. The minimum Gasteiger partial charge on any atom is -0.319 e. The molecular formula is C9H11Cl3N2. The summed E-state index contributed by atoms with van der Waals surface area (Å²) in [6.07, 6.45) is 0. The Morgan fingerprint density at radius 2 is 1.57 bits per heavy atom. The number of hydrogen-bond acceptors (Lipinski definition) is 2. The van der Waals surface area contributed by atoms with Gasteiger partial charge in [-0.3, -0.25) is 0 Å². The Morgan fingerprint density at radius 1 is 1.07 bits per heavy atom. The van der Waals surface area contributed by atoms with Crippen LogP contribution in [-0.2, 0) is 0 Å². The van der Waals surface area contributed by atoms with Crippen LogP contribution in [0.15, 0.2) is 12.1 Å². The lowest BCUT2D eigenvalue weighted by Crippen LogP contribution is -2.29. The summed E-state index contributed by atoms with van der Waals surface area (Å²) in [6.45, 7) is 4.01. The maximum Gasteiger partial charge on any atom is 0.0864 e. The van der Waals surface area contributed by atoms with E-state index in [2.05, 4.69) is 10.9 Å². The zero-order chi connectivity index (χ0) is 10.7. The Labute approximate surface area is 98.5 Å². The van der Waals surface area contributed by atoms with Crippen LogP contribution < -0.4 is 10.9 Å². The van der Waals surface area contributed by atoms with Gasteiger partial charge in [-0.05, 0) is 26.0 Å². The molecule has 1 aromatic carbocycles. The first-order valence-corrected chi connectivity index (χ1v) is 5.30. The number of halogens is 3. The quantitative estimate of drug-likeness (QED) is 0.797. The van der Waals surface area contributed by atoms with E-state index in [0.717, 1.165) is 0 Å². The molecule has 5 heteroatoms. The molecule has 0 aromatic heterocycles. The number of nitrogens with one attached hydrogen (secondary N) is 2. The summed E-state index contributed by atoms with van der Waals surface area (Å²) in [6, 6.07) is 3.57. The highest BCUT2D eigenvalue weighted by molar-refractivity contribution is 6.41. The van der Waals surface area contributed by atoms with Gasteiger partial charge in [0.05, 0.1) is 15.7 Å². The van der Waals surface area contributed by atoms with Gasteiger partial charge in [0.25, 0.3) is 0 Å². The molecule has 0 fully saturated rings. The standard InChI is InChI=1S/C9H11Cl3N2/c1-5(2)13-14-9-7(11)3-6(10)4-8(9)12/h3-5,13-14H,1-2H3. The van der Waals surface area contributed by atoms with E-state index in [1.165, 1.54) is 0 Å². The minimum atomic E-state index is 0.290. The van der Waals surface area contributed by atoms with Gasteiger partial charge in [0.2, 0.25) is 0 Å². The molecule has 1 aromatic rings. The Bertz CT molecular complexity index is 303. The van der Waals surface area contributed by atoms with Crippen molar-refractivity contribution >= 4 is 40.5 Å². The van der Waals surface area contributed by atoms with E-state index in [1.54, 1.807) is 12.1 Å². The normalized spacial score (nSPS) is 10.7. The van der Waals surface area contributed by atoms with Crippen molar-refractivity contribution < 1.29 is 0 Å². The van der Waals surface area contributed by atoms with Gasteiger partial charge in [0.1, 0.15) is 0 Å². The van der Waals surface area contributed by atoms with Gasteiger partial charge in [-0.1, -0.05) is 34.8 Å². The van der Waals surface area contributed by atoms with E-state index in [-0.39, 0.29) is 6.04 Å². The molecule has 0 aliphatic rings. The van der Waals surface area contributed by atoms with Crippen molar-refractivity contribution in [2.75, 3.05) is 5.43 Å². The number of hydrogen-bond donors (Lipinski definition) is 2. The van der Waals surface area contributed by atoms with Crippen LogP contribution in [0.2, 0.25) is 15.1 Å². The van der Waals surface area contributed by atoms with Crippen LogP contribution >= 0.6 is 34.8 Å². The molecule has 78 valence electrons. The highest BCUT2D eigenvalue weighted by Gasteiger charge is 2.07. The lowest BCUT2D eigenvalue weighted by Gasteiger charge is -2.14. The number of anilines is 1. The second kappa shape index (κ2) is 5.08. The molecule has 0 spiro atoms. The lowest BCUT2D eigenvalue weighted by molar-refractivity contribution is 0.660. The summed E-state index contributed by atoms with van der Waals surface area (Å²) in [5.74, 6) is 0. The summed E-state index contributed by atoms with van der Waals surface area (Å²) in [5, 5.41) is 1.52. The summed E-state index contributed by atoms with van der Waals surface area (Å²) in [5.41, 5.74) is 6.58. The molecule has 0 radical (unpaired) electrons. The van der Waals surface area contributed by atoms with Gasteiger partial charge in [-0.15, -0.1) is 0 Å². The third kappa shape index (κ3) is 3.21. The van der Waals surface area contributed by atoms with E-state index in [1.807, 2.05) is 13.8 Å². The van der Waals surface area contributed by atoms with E-state index in [4.69, 9.17) is 34.8 Å². The smallest absolute Gasteiger partial charge is 0.0864 e. The van der Waals surface area contributed by atoms with E-state index in [9.17, 15) is 0 Å². The fraction of sp³-hybridized carbons (Fsp3) is 0.333. The maximum absolute atomic E-state index is 5.95. The van der Waals surface area contributed by atoms with Gasteiger partial charge in [-0.25, -0.2) is 5.43 Å². The molecule has 0 amide bonds. The fourth-order valence-corrected chi connectivity index (χ4v) is 1.79. The number of hydrazine groups is 1. The monoisotopic (exact) mass is 252 g/mol. The molecule has 0 heterocycles. The average molecular weight is 254 g/mol. The molecule has 2 N–H and O–H groups in total. The van der Waals surface area contributed by atoms with Crippen molar-refractivity contribution in [1.82, 2.24) is 5.43 Å². The van der Waals surface area contributed by atoms with Crippen LogP contribution in [0.5, 0.6) is 0 Å². The fourth-order valence-electron chi connectivity index (χ4n) is 0.878. The first kappa shape index (κ1) is 11.9. The maximum atomic E-state index is 5.95. The zero-order valence-corrected chi connectivity index (χ0v) is 10.1. The van der Waals surface area contributed by atoms with Crippen LogP contribution in [0.4, 0.5) is 5.69 Å². The van der Waals surface area contributed by atoms with Gasteiger partial charge >= 0.3 is 0 Å².